The van der Waals surface area contributed by atoms with Gasteiger partial charge in [0.1, 0.15) is 17.2 Å². The van der Waals surface area contributed by atoms with Crippen molar-refractivity contribution < 1.29 is 25.0 Å². The van der Waals surface area contributed by atoms with Crippen LogP contribution in [-0.2, 0) is 4.79 Å². The standard InChI is InChI=1S/C17H11N3O6S2/c21-12-3-1-9(14(23)7-12)6-15-16(24)19(17(27)28-15)18-8-10-5-11(20(25)26)2-4-13(10)22/h1-8,21-23H/b15-6+,18-8+. The highest BCUT2D eigenvalue weighted by Gasteiger charge is 2.32. The summed E-state index contributed by atoms with van der Waals surface area (Å²) in [5.41, 5.74) is 0.106. The molecule has 2 aromatic rings. The van der Waals surface area contributed by atoms with Gasteiger partial charge in [-0.2, -0.15) is 10.1 Å². The number of benzene rings is 2. The fourth-order valence-electron chi connectivity index (χ4n) is 2.23. The lowest BCUT2D eigenvalue weighted by atomic mass is 10.1. The van der Waals surface area contributed by atoms with E-state index in [0.717, 1.165) is 47.3 Å². The molecule has 0 unspecified atom stereocenters. The summed E-state index contributed by atoms with van der Waals surface area (Å²) in [5.74, 6) is -1.15. The minimum absolute atomic E-state index is 0.0448. The normalized spacial score (nSPS) is 15.7. The molecule has 0 spiro atoms. The number of hydrazone groups is 1. The number of hydrogen-bond acceptors (Lipinski definition) is 9. The molecule has 11 heteroatoms. The van der Waals surface area contributed by atoms with Crippen LogP contribution in [0.5, 0.6) is 17.2 Å². The quantitative estimate of drug-likeness (QED) is 0.227. The Morgan fingerprint density at radius 3 is 2.54 bits per heavy atom. The zero-order valence-corrected chi connectivity index (χ0v) is 15.5. The fourth-order valence-corrected chi connectivity index (χ4v) is 3.40. The molecular formula is C17H11N3O6S2. The van der Waals surface area contributed by atoms with Crippen LogP contribution < -0.4 is 0 Å². The maximum Gasteiger partial charge on any atom is 0.286 e. The van der Waals surface area contributed by atoms with E-state index >= 15 is 0 Å². The molecule has 3 rings (SSSR count). The number of amides is 1. The van der Waals surface area contributed by atoms with Gasteiger partial charge in [-0.3, -0.25) is 14.9 Å². The zero-order chi connectivity index (χ0) is 20.4. The van der Waals surface area contributed by atoms with Crippen LogP contribution in [0.4, 0.5) is 5.69 Å². The van der Waals surface area contributed by atoms with Crippen LogP contribution in [0.15, 0.2) is 46.4 Å². The van der Waals surface area contributed by atoms with Crippen molar-refractivity contribution in [3.8, 4) is 17.2 Å². The SMILES string of the molecule is O=C1/C(=C\c2ccc(O)cc2O)SC(=S)N1/N=C/c1cc([N+](=O)[O-])ccc1O. The summed E-state index contributed by atoms with van der Waals surface area (Å²) in [5, 5.41) is 44.6. The average Bonchev–Trinajstić information content (AvgIpc) is 2.90. The fraction of sp³-hybridized carbons (Fsp3) is 0. The Balaban J connectivity index is 1.86. The first-order valence-electron chi connectivity index (χ1n) is 7.57. The van der Waals surface area contributed by atoms with Gasteiger partial charge in [0.05, 0.1) is 16.0 Å². The van der Waals surface area contributed by atoms with E-state index in [4.69, 9.17) is 12.2 Å². The van der Waals surface area contributed by atoms with E-state index in [1.807, 2.05) is 0 Å². The van der Waals surface area contributed by atoms with Crippen LogP contribution in [0.25, 0.3) is 6.08 Å². The van der Waals surface area contributed by atoms with Crippen molar-refractivity contribution in [2.24, 2.45) is 5.10 Å². The Kier molecular flexibility index (Phi) is 5.29. The number of phenolic OH excluding ortho intramolecular Hbond substituents is 3. The minimum Gasteiger partial charge on any atom is -0.508 e. The summed E-state index contributed by atoms with van der Waals surface area (Å²) in [7, 11) is 0. The van der Waals surface area contributed by atoms with Gasteiger partial charge in [0.15, 0.2) is 4.32 Å². The lowest BCUT2D eigenvalue weighted by Gasteiger charge is -2.06. The molecule has 142 valence electrons. The van der Waals surface area contributed by atoms with Crippen LogP contribution in [0.3, 0.4) is 0 Å². The Morgan fingerprint density at radius 1 is 1.11 bits per heavy atom. The first-order valence-corrected chi connectivity index (χ1v) is 8.80. The van der Waals surface area contributed by atoms with Crippen LogP contribution >= 0.6 is 24.0 Å². The van der Waals surface area contributed by atoms with E-state index in [-0.39, 0.29) is 37.7 Å². The second kappa shape index (κ2) is 7.66. The summed E-state index contributed by atoms with van der Waals surface area (Å²) >= 11 is 6.07. The maximum absolute atomic E-state index is 12.5. The number of thiocarbonyl (C=S) groups is 1. The highest BCUT2D eigenvalue weighted by molar-refractivity contribution is 8.26. The van der Waals surface area contributed by atoms with Crippen LogP contribution in [0.1, 0.15) is 11.1 Å². The second-order valence-electron chi connectivity index (χ2n) is 5.48. The van der Waals surface area contributed by atoms with E-state index in [1.165, 1.54) is 18.2 Å². The molecule has 0 aromatic heterocycles. The van der Waals surface area contributed by atoms with Gasteiger partial charge in [-0.1, -0.05) is 11.8 Å². The van der Waals surface area contributed by atoms with Gasteiger partial charge in [0.2, 0.25) is 0 Å². The van der Waals surface area contributed by atoms with E-state index in [2.05, 4.69) is 5.10 Å². The van der Waals surface area contributed by atoms with Crippen molar-refractivity contribution in [2.45, 2.75) is 0 Å². The zero-order valence-electron chi connectivity index (χ0n) is 13.8. The van der Waals surface area contributed by atoms with Gasteiger partial charge in [-0.15, -0.1) is 0 Å². The van der Waals surface area contributed by atoms with Crippen LogP contribution in [0.2, 0.25) is 0 Å². The van der Waals surface area contributed by atoms with E-state index < -0.39 is 10.8 Å². The van der Waals surface area contributed by atoms with E-state index in [9.17, 15) is 30.2 Å². The number of rotatable bonds is 4. The average molecular weight is 417 g/mol. The van der Waals surface area contributed by atoms with E-state index in [0.29, 0.717) is 5.56 Å². The van der Waals surface area contributed by atoms with E-state index in [1.54, 1.807) is 0 Å². The summed E-state index contributed by atoms with van der Waals surface area (Å²) in [6, 6.07) is 7.32. The summed E-state index contributed by atoms with van der Waals surface area (Å²) in [6.07, 6.45) is 2.49. The Bertz CT molecular complexity index is 1070. The van der Waals surface area contributed by atoms with Crippen LogP contribution in [0, 0.1) is 10.1 Å². The van der Waals surface area contributed by atoms with Gasteiger partial charge in [-0.25, -0.2) is 0 Å². The molecule has 1 aliphatic rings. The lowest BCUT2D eigenvalue weighted by molar-refractivity contribution is -0.384. The number of non-ortho nitro benzene ring substituents is 1. The van der Waals surface area contributed by atoms with Gasteiger partial charge in [0, 0.05) is 29.3 Å². The number of aromatic hydroxyl groups is 3. The van der Waals surface area contributed by atoms with Gasteiger partial charge >= 0.3 is 0 Å². The summed E-state index contributed by atoms with van der Waals surface area (Å²) < 4.78 is 0.107. The molecule has 2 aromatic carbocycles. The number of phenols is 3. The lowest BCUT2D eigenvalue weighted by Crippen LogP contribution is -2.22. The van der Waals surface area contributed by atoms with Crippen molar-refractivity contribution in [3.05, 3.63) is 62.5 Å². The third-order valence-electron chi connectivity index (χ3n) is 3.61. The number of carbonyl (C=O) groups excluding carboxylic acids is 1. The second-order valence-corrected chi connectivity index (χ2v) is 7.16. The van der Waals surface area contributed by atoms with Gasteiger partial charge in [0.25, 0.3) is 11.6 Å². The minimum atomic E-state index is -0.622. The van der Waals surface area contributed by atoms with Gasteiger partial charge < -0.3 is 15.3 Å². The number of nitro groups is 1. The Morgan fingerprint density at radius 2 is 1.86 bits per heavy atom. The smallest absolute Gasteiger partial charge is 0.286 e. The molecular weight excluding hydrogens is 406 g/mol. The molecule has 28 heavy (non-hydrogen) atoms. The first kappa shape index (κ1) is 19.3. The van der Waals surface area contributed by atoms with Gasteiger partial charge in [-0.05, 0) is 36.5 Å². The molecule has 3 N–H and O–H groups in total. The topological polar surface area (TPSA) is 136 Å². The van der Waals surface area contributed by atoms with Crippen molar-refractivity contribution in [3.63, 3.8) is 0 Å². The summed E-state index contributed by atoms with van der Waals surface area (Å²) in [6.45, 7) is 0. The molecule has 1 saturated heterocycles. The highest BCUT2D eigenvalue weighted by Crippen LogP contribution is 2.35. The Labute approximate surface area is 167 Å². The maximum atomic E-state index is 12.5. The molecule has 1 heterocycles. The van der Waals surface area contributed by atoms with Crippen molar-refractivity contribution in [1.29, 1.82) is 0 Å². The third kappa shape index (κ3) is 3.94. The molecule has 0 bridgehead atoms. The third-order valence-corrected chi connectivity index (χ3v) is 4.89. The van der Waals surface area contributed by atoms with Crippen molar-refractivity contribution in [1.82, 2.24) is 5.01 Å². The first-order chi connectivity index (χ1) is 13.3. The molecule has 1 aliphatic heterocycles. The van der Waals surface area contributed by atoms with Crippen LogP contribution in [-0.4, -0.2) is 41.7 Å². The molecule has 9 nitrogen and oxygen atoms in total. The molecule has 0 radical (unpaired) electrons. The van der Waals surface area contributed by atoms with Crippen molar-refractivity contribution >= 4 is 52.2 Å². The predicted molar refractivity (Wildman–Crippen MR) is 107 cm³/mol. The number of nitrogens with zero attached hydrogens (tertiary/aromatic N) is 3. The number of hydrogen-bond donors (Lipinski definition) is 3. The number of nitro benzene ring substituents is 1. The largest absolute Gasteiger partial charge is 0.508 e. The number of carbonyl (C=O) groups is 1. The Hall–Kier alpha value is -3.44. The summed E-state index contributed by atoms with van der Waals surface area (Å²) in [4.78, 5) is 22.9. The molecule has 0 aliphatic carbocycles. The molecule has 0 atom stereocenters. The molecule has 1 fully saturated rings. The number of thioether (sulfide) groups is 1. The highest BCUT2D eigenvalue weighted by atomic mass is 32.2. The predicted octanol–water partition coefficient (Wildman–Crippen LogP) is 2.95. The molecule has 1 amide bonds. The monoisotopic (exact) mass is 417 g/mol. The van der Waals surface area contributed by atoms with Crippen molar-refractivity contribution in [2.75, 3.05) is 0 Å². The molecule has 0 saturated carbocycles.